The third kappa shape index (κ3) is 4.46. The van der Waals surface area contributed by atoms with Gasteiger partial charge in [-0.25, -0.2) is 0 Å². The van der Waals surface area contributed by atoms with Crippen LogP contribution in [-0.4, -0.2) is 29.7 Å². The van der Waals surface area contributed by atoms with E-state index >= 15 is 0 Å². The lowest BCUT2D eigenvalue weighted by molar-refractivity contribution is -0.183. The van der Waals surface area contributed by atoms with Crippen molar-refractivity contribution in [3.8, 4) is 0 Å². The van der Waals surface area contributed by atoms with Gasteiger partial charge in [-0.2, -0.15) is 0 Å². The Morgan fingerprint density at radius 3 is 2.00 bits per heavy atom. The van der Waals surface area contributed by atoms with Crippen molar-refractivity contribution < 1.29 is 9.47 Å². The SMILES string of the molecule is c1ccc(C(=NC(c2cccnc2)C2CCC3(CC2)OCCO3)c2ccccc2)cc1. The number of aromatic nitrogens is 1. The Labute approximate surface area is 184 Å². The Morgan fingerprint density at radius 2 is 1.45 bits per heavy atom. The van der Waals surface area contributed by atoms with E-state index in [4.69, 9.17) is 14.5 Å². The number of aliphatic imine (C=N–C) groups is 1. The first-order chi connectivity index (χ1) is 15.3. The second-order valence-electron chi connectivity index (χ2n) is 8.39. The van der Waals surface area contributed by atoms with Crippen molar-refractivity contribution in [3.05, 3.63) is 102 Å². The predicted molar refractivity (Wildman–Crippen MR) is 122 cm³/mol. The Balaban J connectivity index is 1.53. The average molecular weight is 413 g/mol. The maximum absolute atomic E-state index is 5.96. The smallest absolute Gasteiger partial charge is 0.168 e. The minimum Gasteiger partial charge on any atom is -0.348 e. The number of pyridine rings is 1. The Hall–Kier alpha value is -2.82. The third-order valence-corrected chi connectivity index (χ3v) is 6.44. The largest absolute Gasteiger partial charge is 0.348 e. The quantitative estimate of drug-likeness (QED) is 0.513. The van der Waals surface area contributed by atoms with E-state index in [1.165, 1.54) is 5.56 Å². The molecule has 2 aliphatic rings. The van der Waals surface area contributed by atoms with Crippen LogP contribution in [0.5, 0.6) is 0 Å². The van der Waals surface area contributed by atoms with Crippen molar-refractivity contribution in [1.82, 2.24) is 4.98 Å². The fourth-order valence-electron chi connectivity index (χ4n) is 4.83. The molecule has 1 aliphatic carbocycles. The zero-order chi connectivity index (χ0) is 20.9. The minimum atomic E-state index is -0.360. The number of hydrogen-bond donors (Lipinski definition) is 0. The fourth-order valence-corrected chi connectivity index (χ4v) is 4.83. The standard InChI is InChI=1S/C27H28N2O2/c1-3-8-21(9-4-1)25(22-10-5-2-6-11-22)29-26(24-12-7-17-28-20-24)23-13-15-27(16-14-23)30-18-19-31-27/h1-12,17,20,23,26H,13-16,18-19H2. The van der Waals surface area contributed by atoms with Crippen LogP contribution in [0.3, 0.4) is 0 Å². The monoisotopic (exact) mass is 412 g/mol. The number of ether oxygens (including phenoxy) is 2. The summed E-state index contributed by atoms with van der Waals surface area (Å²) in [6.45, 7) is 1.42. The van der Waals surface area contributed by atoms with Gasteiger partial charge in [-0.3, -0.25) is 9.98 Å². The first kappa shape index (κ1) is 20.1. The number of nitrogens with zero attached hydrogens (tertiary/aromatic N) is 2. The molecule has 4 nitrogen and oxygen atoms in total. The van der Waals surface area contributed by atoms with Gasteiger partial charge in [0.25, 0.3) is 0 Å². The lowest BCUT2D eigenvalue weighted by Gasteiger charge is -2.37. The molecule has 0 amide bonds. The molecule has 1 aliphatic heterocycles. The van der Waals surface area contributed by atoms with Crippen LogP contribution in [-0.2, 0) is 9.47 Å². The summed E-state index contributed by atoms with van der Waals surface area (Å²) in [4.78, 5) is 9.83. The van der Waals surface area contributed by atoms with Crippen molar-refractivity contribution in [2.45, 2.75) is 37.5 Å². The van der Waals surface area contributed by atoms with Gasteiger partial charge >= 0.3 is 0 Å². The molecule has 2 aromatic carbocycles. The molecule has 5 rings (SSSR count). The van der Waals surface area contributed by atoms with Crippen molar-refractivity contribution in [2.75, 3.05) is 13.2 Å². The topological polar surface area (TPSA) is 43.7 Å². The van der Waals surface area contributed by atoms with E-state index in [9.17, 15) is 0 Å². The minimum absolute atomic E-state index is 0.0443. The fraction of sp³-hybridized carbons (Fsp3) is 0.333. The summed E-state index contributed by atoms with van der Waals surface area (Å²) >= 11 is 0. The van der Waals surface area contributed by atoms with E-state index in [1.54, 1.807) is 0 Å². The lowest BCUT2D eigenvalue weighted by Crippen LogP contribution is -2.36. The van der Waals surface area contributed by atoms with Crippen LogP contribution in [0.2, 0.25) is 0 Å². The second kappa shape index (κ2) is 9.13. The third-order valence-electron chi connectivity index (χ3n) is 6.44. The van der Waals surface area contributed by atoms with Crippen LogP contribution in [0.4, 0.5) is 0 Å². The molecule has 158 valence electrons. The Morgan fingerprint density at radius 1 is 0.839 bits per heavy atom. The van der Waals surface area contributed by atoms with Gasteiger partial charge in [0.2, 0.25) is 0 Å². The molecule has 2 heterocycles. The van der Waals surface area contributed by atoms with Crippen molar-refractivity contribution in [2.24, 2.45) is 10.9 Å². The maximum atomic E-state index is 5.96. The molecule has 1 spiro atoms. The highest BCUT2D eigenvalue weighted by Gasteiger charge is 2.42. The van der Waals surface area contributed by atoms with Crippen LogP contribution in [0.25, 0.3) is 0 Å². The molecule has 0 bridgehead atoms. The zero-order valence-corrected chi connectivity index (χ0v) is 17.7. The summed E-state index contributed by atoms with van der Waals surface area (Å²) in [6.07, 6.45) is 7.70. The molecule has 1 saturated heterocycles. The molecular formula is C27H28N2O2. The molecule has 31 heavy (non-hydrogen) atoms. The Bertz CT molecular complexity index is 948. The molecule has 2 fully saturated rings. The predicted octanol–water partition coefficient (Wildman–Crippen LogP) is 5.59. The summed E-state index contributed by atoms with van der Waals surface area (Å²) < 4.78 is 11.9. The van der Waals surface area contributed by atoms with E-state index in [0.717, 1.165) is 42.5 Å². The highest BCUT2D eigenvalue weighted by molar-refractivity contribution is 6.13. The maximum Gasteiger partial charge on any atom is 0.168 e. The highest BCUT2D eigenvalue weighted by Crippen LogP contribution is 2.44. The first-order valence-corrected chi connectivity index (χ1v) is 11.2. The van der Waals surface area contributed by atoms with Gasteiger partial charge < -0.3 is 9.47 Å². The highest BCUT2D eigenvalue weighted by atomic mass is 16.7. The van der Waals surface area contributed by atoms with Crippen LogP contribution >= 0.6 is 0 Å². The van der Waals surface area contributed by atoms with E-state index < -0.39 is 0 Å². The molecular weight excluding hydrogens is 384 g/mol. The number of benzene rings is 2. The van der Waals surface area contributed by atoms with E-state index in [1.807, 2.05) is 30.6 Å². The van der Waals surface area contributed by atoms with E-state index in [0.29, 0.717) is 19.1 Å². The Kier molecular flexibility index (Phi) is 5.92. The van der Waals surface area contributed by atoms with Gasteiger partial charge in [-0.05, 0) is 30.4 Å². The zero-order valence-electron chi connectivity index (χ0n) is 17.7. The normalized spacial score (nSPS) is 19.2. The molecule has 0 N–H and O–H groups in total. The summed E-state index contributed by atoms with van der Waals surface area (Å²) in [5.74, 6) is 0.0616. The molecule has 3 aromatic rings. The number of rotatable bonds is 5. The lowest BCUT2D eigenvalue weighted by atomic mass is 9.79. The van der Waals surface area contributed by atoms with E-state index in [-0.39, 0.29) is 11.8 Å². The van der Waals surface area contributed by atoms with Crippen LogP contribution < -0.4 is 0 Å². The molecule has 1 atom stereocenters. The van der Waals surface area contributed by atoms with Gasteiger partial charge in [0, 0.05) is 36.4 Å². The van der Waals surface area contributed by atoms with Gasteiger partial charge in [0.15, 0.2) is 5.79 Å². The van der Waals surface area contributed by atoms with Crippen LogP contribution in [0.15, 0.2) is 90.2 Å². The molecule has 1 aromatic heterocycles. The summed E-state index contributed by atoms with van der Waals surface area (Å²) in [5.41, 5.74) is 4.47. The van der Waals surface area contributed by atoms with E-state index in [2.05, 4.69) is 59.6 Å². The summed E-state index contributed by atoms with van der Waals surface area (Å²) in [5, 5.41) is 0. The second-order valence-corrected chi connectivity index (χ2v) is 8.39. The van der Waals surface area contributed by atoms with Crippen LogP contribution in [0, 0.1) is 5.92 Å². The average Bonchev–Trinajstić information content (AvgIpc) is 3.30. The van der Waals surface area contributed by atoms with Crippen LogP contribution in [0.1, 0.15) is 48.4 Å². The molecule has 0 radical (unpaired) electrons. The first-order valence-electron chi connectivity index (χ1n) is 11.2. The molecule has 1 unspecified atom stereocenters. The van der Waals surface area contributed by atoms with Gasteiger partial charge in [0.1, 0.15) is 0 Å². The van der Waals surface area contributed by atoms with Crippen molar-refractivity contribution in [3.63, 3.8) is 0 Å². The molecule has 4 heteroatoms. The molecule has 1 saturated carbocycles. The van der Waals surface area contributed by atoms with Gasteiger partial charge in [-0.15, -0.1) is 0 Å². The van der Waals surface area contributed by atoms with Gasteiger partial charge in [0.05, 0.1) is 25.0 Å². The summed E-state index contributed by atoms with van der Waals surface area (Å²) in [7, 11) is 0. The summed E-state index contributed by atoms with van der Waals surface area (Å²) in [6, 6.07) is 25.2. The van der Waals surface area contributed by atoms with Crippen molar-refractivity contribution >= 4 is 5.71 Å². The number of hydrogen-bond acceptors (Lipinski definition) is 4. The van der Waals surface area contributed by atoms with Crippen molar-refractivity contribution in [1.29, 1.82) is 0 Å². The van der Waals surface area contributed by atoms with Gasteiger partial charge in [-0.1, -0.05) is 66.7 Å².